The van der Waals surface area contributed by atoms with Crippen LogP contribution < -0.4 is 4.74 Å². The van der Waals surface area contributed by atoms with Crippen LogP contribution in [0.25, 0.3) is 11.3 Å². The summed E-state index contributed by atoms with van der Waals surface area (Å²) in [7, 11) is 0. The average molecular weight is 414 g/mol. The number of ether oxygens (including phenoxy) is 1. The quantitative estimate of drug-likeness (QED) is 0.316. The maximum Gasteiger partial charge on any atom is 0.119 e. The van der Waals surface area contributed by atoms with Crippen LogP contribution in [0.4, 0.5) is 0 Å². The third kappa shape index (κ3) is 5.59. The van der Waals surface area contributed by atoms with Crippen molar-refractivity contribution in [3.05, 3.63) is 70.0 Å². The van der Waals surface area contributed by atoms with Gasteiger partial charge in [-0.3, -0.25) is 0 Å². The molecule has 0 spiro atoms. The molecule has 0 bridgehead atoms. The molecule has 2 nitrogen and oxygen atoms in total. The van der Waals surface area contributed by atoms with E-state index in [4.69, 9.17) is 16.3 Å². The Balaban J connectivity index is 1.57. The maximum absolute atomic E-state index is 5.97. The molecular weight excluding hydrogens is 386 g/mol. The van der Waals surface area contributed by atoms with E-state index >= 15 is 0 Å². The number of aromatic nitrogens is 1. The lowest BCUT2D eigenvalue weighted by molar-refractivity contribution is 0.306. The Morgan fingerprint density at radius 3 is 2.21 bits per heavy atom. The first-order valence-corrected chi connectivity index (χ1v) is 11.5. The Bertz CT molecular complexity index is 836. The highest BCUT2D eigenvalue weighted by Crippen LogP contribution is 2.27. The van der Waals surface area contributed by atoms with Gasteiger partial charge in [0.1, 0.15) is 17.4 Å². The second-order valence-corrected chi connectivity index (χ2v) is 8.30. The SMILES string of the molecule is CCCC(CCC)c1ccc(COc2ccc(-c3csc(CCl)n3)cc2)cc1. The largest absolute Gasteiger partial charge is 0.489 e. The Kier molecular flexibility index (Phi) is 7.93. The monoisotopic (exact) mass is 413 g/mol. The number of rotatable bonds is 10. The molecular formula is C24H28ClNOS. The lowest BCUT2D eigenvalue weighted by Gasteiger charge is -2.16. The first-order valence-electron chi connectivity index (χ1n) is 10.1. The van der Waals surface area contributed by atoms with Crippen molar-refractivity contribution >= 4 is 22.9 Å². The van der Waals surface area contributed by atoms with Crippen LogP contribution in [0.1, 0.15) is 61.6 Å². The summed E-state index contributed by atoms with van der Waals surface area (Å²) >= 11 is 7.43. The van der Waals surface area contributed by atoms with Crippen molar-refractivity contribution in [2.45, 2.75) is 57.9 Å². The molecule has 0 atom stereocenters. The van der Waals surface area contributed by atoms with Crippen LogP contribution in [0.3, 0.4) is 0 Å². The van der Waals surface area contributed by atoms with E-state index in [1.807, 2.05) is 29.6 Å². The van der Waals surface area contributed by atoms with E-state index in [2.05, 4.69) is 43.1 Å². The van der Waals surface area contributed by atoms with Crippen LogP contribution in [0, 0.1) is 0 Å². The topological polar surface area (TPSA) is 22.1 Å². The lowest BCUT2D eigenvalue weighted by atomic mass is 9.90. The van der Waals surface area contributed by atoms with Gasteiger partial charge in [0.05, 0.1) is 11.6 Å². The van der Waals surface area contributed by atoms with Crippen LogP contribution in [-0.2, 0) is 12.5 Å². The van der Waals surface area contributed by atoms with E-state index in [1.54, 1.807) is 11.3 Å². The third-order valence-electron chi connectivity index (χ3n) is 4.95. The lowest BCUT2D eigenvalue weighted by Crippen LogP contribution is -2.00. The van der Waals surface area contributed by atoms with Gasteiger partial charge in [0.25, 0.3) is 0 Å². The standard InChI is InChI=1S/C24H28ClNOS/c1-3-5-19(6-4-2)20-9-7-18(8-10-20)16-27-22-13-11-21(12-14-22)23-17-28-24(15-25)26-23/h7-14,17,19H,3-6,15-16H2,1-2H3. The summed E-state index contributed by atoms with van der Waals surface area (Å²) in [5.74, 6) is 2.01. The first kappa shape index (κ1) is 20.9. The number of benzene rings is 2. The highest BCUT2D eigenvalue weighted by Gasteiger charge is 2.09. The Morgan fingerprint density at radius 2 is 1.64 bits per heavy atom. The molecule has 3 aromatic rings. The molecule has 0 aliphatic carbocycles. The molecule has 0 saturated heterocycles. The van der Waals surface area contributed by atoms with Crippen LogP contribution >= 0.6 is 22.9 Å². The number of alkyl halides is 1. The predicted molar refractivity (Wildman–Crippen MR) is 120 cm³/mol. The fourth-order valence-corrected chi connectivity index (χ4v) is 4.35. The van der Waals surface area contributed by atoms with Gasteiger partial charge in [0, 0.05) is 10.9 Å². The molecule has 28 heavy (non-hydrogen) atoms. The summed E-state index contributed by atoms with van der Waals surface area (Å²) in [6.45, 7) is 5.11. The van der Waals surface area contributed by atoms with Gasteiger partial charge in [-0.05, 0) is 54.2 Å². The Labute approximate surface area is 177 Å². The molecule has 2 aromatic carbocycles. The molecule has 3 rings (SSSR count). The summed E-state index contributed by atoms with van der Waals surface area (Å²) < 4.78 is 5.97. The second-order valence-electron chi connectivity index (χ2n) is 7.09. The van der Waals surface area contributed by atoms with E-state index in [1.165, 1.54) is 36.8 Å². The van der Waals surface area contributed by atoms with Crippen molar-refractivity contribution in [3.8, 4) is 17.0 Å². The van der Waals surface area contributed by atoms with Crippen molar-refractivity contribution < 1.29 is 4.74 Å². The number of hydrogen-bond acceptors (Lipinski definition) is 3. The maximum atomic E-state index is 5.97. The summed E-state index contributed by atoms with van der Waals surface area (Å²) in [5, 5.41) is 2.99. The molecule has 0 radical (unpaired) electrons. The van der Waals surface area contributed by atoms with Gasteiger partial charge in [-0.15, -0.1) is 22.9 Å². The van der Waals surface area contributed by atoms with E-state index in [0.29, 0.717) is 18.4 Å². The van der Waals surface area contributed by atoms with E-state index < -0.39 is 0 Å². The number of halogens is 1. The van der Waals surface area contributed by atoms with Gasteiger partial charge >= 0.3 is 0 Å². The van der Waals surface area contributed by atoms with Gasteiger partial charge in [-0.1, -0.05) is 51.0 Å². The molecule has 148 valence electrons. The predicted octanol–water partition coefficient (Wildman–Crippen LogP) is 7.81. The van der Waals surface area contributed by atoms with Crippen LogP contribution in [-0.4, -0.2) is 4.98 Å². The Hall–Kier alpha value is -1.84. The molecule has 4 heteroatoms. The van der Waals surface area contributed by atoms with Crippen LogP contribution in [0.2, 0.25) is 0 Å². The van der Waals surface area contributed by atoms with Crippen molar-refractivity contribution in [3.63, 3.8) is 0 Å². The normalized spacial score (nSPS) is 11.1. The number of nitrogens with zero attached hydrogens (tertiary/aromatic N) is 1. The molecule has 1 heterocycles. The highest BCUT2D eigenvalue weighted by atomic mass is 35.5. The summed E-state index contributed by atoms with van der Waals surface area (Å²) in [5.41, 5.74) is 4.71. The zero-order valence-corrected chi connectivity index (χ0v) is 18.2. The summed E-state index contributed by atoms with van der Waals surface area (Å²) in [4.78, 5) is 4.52. The van der Waals surface area contributed by atoms with Crippen molar-refractivity contribution in [2.75, 3.05) is 0 Å². The fourth-order valence-electron chi connectivity index (χ4n) is 3.45. The molecule has 0 unspecified atom stereocenters. The van der Waals surface area contributed by atoms with Crippen molar-refractivity contribution in [2.24, 2.45) is 0 Å². The van der Waals surface area contributed by atoms with Gasteiger partial charge in [-0.2, -0.15) is 0 Å². The first-order chi connectivity index (χ1) is 13.7. The molecule has 0 saturated carbocycles. The number of thiazole rings is 1. The van der Waals surface area contributed by atoms with Crippen molar-refractivity contribution in [1.82, 2.24) is 4.98 Å². The smallest absolute Gasteiger partial charge is 0.119 e. The molecule has 0 N–H and O–H groups in total. The van der Waals surface area contributed by atoms with Crippen LogP contribution in [0.15, 0.2) is 53.9 Å². The molecule has 0 aliphatic rings. The highest BCUT2D eigenvalue weighted by molar-refractivity contribution is 7.10. The second kappa shape index (κ2) is 10.6. The van der Waals surface area contributed by atoms with E-state index in [9.17, 15) is 0 Å². The third-order valence-corrected chi connectivity index (χ3v) is 6.21. The molecule has 0 fully saturated rings. The van der Waals surface area contributed by atoms with E-state index in [0.717, 1.165) is 22.0 Å². The summed E-state index contributed by atoms with van der Waals surface area (Å²) in [6.07, 6.45) is 5.00. The van der Waals surface area contributed by atoms with Gasteiger partial charge in [-0.25, -0.2) is 4.98 Å². The van der Waals surface area contributed by atoms with Gasteiger partial charge in [0.15, 0.2) is 0 Å². The molecule has 1 aromatic heterocycles. The van der Waals surface area contributed by atoms with Gasteiger partial charge in [0.2, 0.25) is 0 Å². The Morgan fingerprint density at radius 1 is 0.964 bits per heavy atom. The minimum absolute atomic E-state index is 0.461. The van der Waals surface area contributed by atoms with Crippen LogP contribution in [0.5, 0.6) is 5.75 Å². The summed E-state index contributed by atoms with van der Waals surface area (Å²) in [6, 6.07) is 17.0. The zero-order valence-electron chi connectivity index (χ0n) is 16.7. The minimum atomic E-state index is 0.461. The molecule has 0 aliphatic heterocycles. The fraction of sp³-hybridized carbons (Fsp3) is 0.375. The van der Waals surface area contributed by atoms with E-state index in [-0.39, 0.29) is 0 Å². The zero-order chi connectivity index (χ0) is 19.8. The number of hydrogen-bond donors (Lipinski definition) is 0. The average Bonchev–Trinajstić information content (AvgIpc) is 3.22. The molecule has 0 amide bonds. The van der Waals surface area contributed by atoms with Crippen molar-refractivity contribution in [1.29, 1.82) is 0 Å². The minimum Gasteiger partial charge on any atom is -0.489 e. The van der Waals surface area contributed by atoms with Gasteiger partial charge < -0.3 is 4.74 Å².